The Morgan fingerprint density at radius 1 is 0.931 bits per heavy atom. The highest BCUT2D eigenvalue weighted by Crippen LogP contribution is 2.32. The molecule has 1 aliphatic heterocycles. The summed E-state index contributed by atoms with van der Waals surface area (Å²) in [6, 6.07) is 18.6. The van der Waals surface area contributed by atoms with E-state index in [1.165, 1.54) is 0 Å². The summed E-state index contributed by atoms with van der Waals surface area (Å²) in [6.07, 6.45) is 2.02. The lowest BCUT2D eigenvalue weighted by molar-refractivity contribution is -0.129. The molecule has 0 spiro atoms. The maximum atomic E-state index is 13.0. The number of carbonyl (C=O) groups excluding carboxylic acids is 1. The number of ether oxygens (including phenoxy) is 1. The Balaban J connectivity index is 1.40. The van der Waals surface area contributed by atoms with Gasteiger partial charge in [-0.3, -0.25) is 4.79 Å². The number of benzene rings is 2. The normalized spacial score (nSPS) is 19.4. The lowest BCUT2D eigenvalue weighted by Gasteiger charge is -2.32. The zero-order chi connectivity index (χ0) is 20.3. The number of amides is 1. The van der Waals surface area contributed by atoms with Gasteiger partial charge in [0.2, 0.25) is 16.1 Å². The molecule has 2 aliphatic rings. The first-order valence-corrected chi connectivity index (χ1v) is 11.6. The molecule has 1 aliphatic carbocycles. The fraction of sp³-hybridized carbons (Fsp3) is 0.409. The van der Waals surface area contributed by atoms with E-state index < -0.39 is 16.1 Å². The molecule has 2 aromatic rings. The third-order valence-electron chi connectivity index (χ3n) is 5.44. The maximum Gasteiger partial charge on any atom is 0.266 e. The van der Waals surface area contributed by atoms with Crippen molar-refractivity contribution in [2.45, 2.75) is 43.1 Å². The second-order valence-electron chi connectivity index (χ2n) is 7.65. The molecule has 7 heteroatoms. The van der Waals surface area contributed by atoms with Gasteiger partial charge in [0.1, 0.15) is 5.75 Å². The molecule has 1 heterocycles. The molecule has 4 rings (SSSR count). The summed E-state index contributed by atoms with van der Waals surface area (Å²) >= 11 is 0. The number of hydrogen-bond acceptors (Lipinski definition) is 4. The maximum absolute atomic E-state index is 13.0. The van der Waals surface area contributed by atoms with Gasteiger partial charge in [0.05, 0.1) is 5.25 Å². The number of carbonyl (C=O) groups is 1. The van der Waals surface area contributed by atoms with Crippen LogP contribution in [0.1, 0.15) is 37.4 Å². The minimum Gasteiger partial charge on any atom is -0.476 e. The SMILES string of the molecule is O=C(NC1CCN(S(=O)(=O)C2CC2)CC1)C(Oc1ccccc1)c1ccccc1. The van der Waals surface area contributed by atoms with Crippen molar-refractivity contribution in [3.63, 3.8) is 0 Å². The third-order valence-corrected chi connectivity index (χ3v) is 7.84. The van der Waals surface area contributed by atoms with E-state index >= 15 is 0 Å². The molecule has 2 fully saturated rings. The van der Waals surface area contributed by atoms with Gasteiger partial charge in [-0.2, -0.15) is 0 Å². The van der Waals surface area contributed by atoms with E-state index in [0.29, 0.717) is 31.7 Å². The van der Waals surface area contributed by atoms with Gasteiger partial charge < -0.3 is 10.1 Å². The van der Waals surface area contributed by atoms with Crippen molar-refractivity contribution in [3.05, 3.63) is 66.2 Å². The van der Waals surface area contributed by atoms with Crippen LogP contribution in [0, 0.1) is 0 Å². The molecule has 29 heavy (non-hydrogen) atoms. The average molecular weight is 415 g/mol. The second-order valence-corrected chi connectivity index (χ2v) is 9.86. The molecule has 1 amide bonds. The van der Waals surface area contributed by atoms with Crippen LogP contribution in [0.15, 0.2) is 60.7 Å². The van der Waals surface area contributed by atoms with Crippen molar-refractivity contribution < 1.29 is 17.9 Å². The Kier molecular flexibility index (Phi) is 5.87. The van der Waals surface area contributed by atoms with Crippen LogP contribution in [-0.4, -0.2) is 43.0 Å². The molecular weight excluding hydrogens is 388 g/mol. The summed E-state index contributed by atoms with van der Waals surface area (Å²) in [4.78, 5) is 13.0. The van der Waals surface area contributed by atoms with Gasteiger partial charge in [-0.25, -0.2) is 12.7 Å². The third kappa shape index (κ3) is 4.79. The van der Waals surface area contributed by atoms with E-state index in [0.717, 1.165) is 18.4 Å². The van der Waals surface area contributed by atoms with E-state index in [1.54, 1.807) is 4.31 Å². The van der Waals surface area contributed by atoms with Crippen LogP contribution < -0.4 is 10.1 Å². The molecule has 1 saturated carbocycles. The van der Waals surface area contributed by atoms with Crippen molar-refractivity contribution in [2.24, 2.45) is 0 Å². The highest BCUT2D eigenvalue weighted by Gasteiger charge is 2.41. The summed E-state index contributed by atoms with van der Waals surface area (Å²) in [5.41, 5.74) is 0.780. The van der Waals surface area contributed by atoms with Crippen LogP contribution in [-0.2, 0) is 14.8 Å². The minimum atomic E-state index is -3.14. The van der Waals surface area contributed by atoms with Gasteiger partial charge >= 0.3 is 0 Å². The Bertz CT molecular complexity index is 922. The fourth-order valence-corrected chi connectivity index (χ4v) is 5.52. The number of nitrogens with one attached hydrogen (secondary N) is 1. The van der Waals surface area contributed by atoms with Crippen LogP contribution in [0.3, 0.4) is 0 Å². The number of para-hydroxylation sites is 1. The number of hydrogen-bond donors (Lipinski definition) is 1. The van der Waals surface area contributed by atoms with Gasteiger partial charge in [0.25, 0.3) is 5.91 Å². The van der Waals surface area contributed by atoms with Crippen molar-refractivity contribution in [3.8, 4) is 5.75 Å². The van der Waals surface area contributed by atoms with Crippen molar-refractivity contribution >= 4 is 15.9 Å². The van der Waals surface area contributed by atoms with Gasteiger partial charge in [-0.15, -0.1) is 0 Å². The molecule has 0 aromatic heterocycles. The Labute approximate surface area is 171 Å². The number of sulfonamides is 1. The molecule has 154 valence electrons. The summed E-state index contributed by atoms with van der Waals surface area (Å²) in [7, 11) is -3.14. The predicted octanol–water partition coefficient (Wildman–Crippen LogP) is 2.88. The fourth-order valence-electron chi connectivity index (χ4n) is 3.64. The molecule has 1 saturated heterocycles. The van der Waals surface area contributed by atoms with Crippen molar-refractivity contribution in [2.75, 3.05) is 13.1 Å². The van der Waals surface area contributed by atoms with Crippen molar-refractivity contribution in [1.82, 2.24) is 9.62 Å². The van der Waals surface area contributed by atoms with E-state index in [9.17, 15) is 13.2 Å². The zero-order valence-corrected chi connectivity index (χ0v) is 17.1. The lowest BCUT2D eigenvalue weighted by atomic mass is 10.0. The first-order chi connectivity index (χ1) is 14.0. The first kappa shape index (κ1) is 19.9. The van der Waals surface area contributed by atoms with Crippen LogP contribution in [0.4, 0.5) is 0 Å². The predicted molar refractivity (Wildman–Crippen MR) is 111 cm³/mol. The summed E-state index contributed by atoms with van der Waals surface area (Å²) in [5, 5.41) is 2.88. The van der Waals surface area contributed by atoms with Gasteiger partial charge in [0, 0.05) is 24.7 Å². The van der Waals surface area contributed by atoms with Crippen LogP contribution >= 0.6 is 0 Å². The Morgan fingerprint density at radius 2 is 1.52 bits per heavy atom. The molecule has 2 aromatic carbocycles. The number of nitrogens with zero attached hydrogens (tertiary/aromatic N) is 1. The second kappa shape index (κ2) is 8.55. The largest absolute Gasteiger partial charge is 0.476 e. The zero-order valence-electron chi connectivity index (χ0n) is 16.2. The molecule has 0 radical (unpaired) electrons. The van der Waals surface area contributed by atoms with Gasteiger partial charge in [-0.05, 0) is 37.8 Å². The minimum absolute atomic E-state index is 0.0567. The monoisotopic (exact) mass is 414 g/mol. The lowest BCUT2D eigenvalue weighted by Crippen LogP contribution is -2.48. The number of piperidine rings is 1. The van der Waals surface area contributed by atoms with E-state index in [-0.39, 0.29) is 17.2 Å². The summed E-state index contributed by atoms with van der Waals surface area (Å²) < 4.78 is 32.4. The Morgan fingerprint density at radius 3 is 2.10 bits per heavy atom. The highest BCUT2D eigenvalue weighted by molar-refractivity contribution is 7.90. The van der Waals surface area contributed by atoms with Crippen LogP contribution in [0.25, 0.3) is 0 Å². The summed E-state index contributed by atoms with van der Waals surface area (Å²) in [6.45, 7) is 0.915. The van der Waals surface area contributed by atoms with Gasteiger partial charge in [0.15, 0.2) is 0 Å². The highest BCUT2D eigenvalue weighted by atomic mass is 32.2. The van der Waals surface area contributed by atoms with Crippen LogP contribution in [0.5, 0.6) is 5.75 Å². The van der Waals surface area contributed by atoms with Gasteiger partial charge in [-0.1, -0.05) is 48.5 Å². The average Bonchev–Trinajstić information content (AvgIpc) is 3.60. The topological polar surface area (TPSA) is 75.7 Å². The van der Waals surface area contributed by atoms with E-state index in [4.69, 9.17) is 4.74 Å². The molecule has 0 bridgehead atoms. The van der Waals surface area contributed by atoms with Crippen LogP contribution in [0.2, 0.25) is 0 Å². The smallest absolute Gasteiger partial charge is 0.266 e. The first-order valence-electron chi connectivity index (χ1n) is 10.1. The molecule has 1 atom stereocenters. The molecule has 6 nitrogen and oxygen atoms in total. The number of rotatable bonds is 7. The Hall–Kier alpha value is -2.38. The van der Waals surface area contributed by atoms with E-state index in [1.807, 2.05) is 60.7 Å². The molecule has 1 N–H and O–H groups in total. The summed E-state index contributed by atoms with van der Waals surface area (Å²) in [5.74, 6) is 0.422. The van der Waals surface area contributed by atoms with E-state index in [2.05, 4.69) is 5.32 Å². The van der Waals surface area contributed by atoms with Crippen molar-refractivity contribution in [1.29, 1.82) is 0 Å². The molecular formula is C22H26N2O4S. The standard InChI is InChI=1S/C22H26N2O4S/c25-22(23-18-13-15-24(16-14-18)29(26,27)20-11-12-20)21(17-7-3-1-4-8-17)28-19-9-5-2-6-10-19/h1-10,18,20-21H,11-16H2,(H,23,25). The molecule has 1 unspecified atom stereocenters. The quantitative estimate of drug-likeness (QED) is 0.756.